The first kappa shape index (κ1) is 12.2. The van der Waals surface area contributed by atoms with Gasteiger partial charge < -0.3 is 10.0 Å². The molecular formula is C11H15N3O2. The molecule has 0 bridgehead atoms. The molecule has 0 radical (unpaired) electrons. The van der Waals surface area contributed by atoms with E-state index in [-0.39, 0.29) is 6.54 Å². The topological polar surface area (TPSA) is 66.3 Å². The van der Waals surface area contributed by atoms with Crippen molar-refractivity contribution in [1.29, 1.82) is 0 Å². The Hall–Kier alpha value is -1.91. The van der Waals surface area contributed by atoms with Gasteiger partial charge in [0.2, 0.25) is 0 Å². The number of carboxylic acid groups (broad SMARTS) is 1. The third-order valence-corrected chi connectivity index (χ3v) is 2.07. The van der Waals surface area contributed by atoms with Gasteiger partial charge in [-0.1, -0.05) is 13.0 Å². The minimum Gasteiger partial charge on any atom is -0.480 e. The molecule has 0 saturated heterocycles. The van der Waals surface area contributed by atoms with Crippen molar-refractivity contribution in [3.05, 3.63) is 30.7 Å². The maximum Gasteiger partial charge on any atom is 0.323 e. The summed E-state index contributed by atoms with van der Waals surface area (Å²) in [6.07, 6.45) is 3.90. The first-order chi connectivity index (χ1) is 7.67. The van der Waals surface area contributed by atoms with E-state index < -0.39 is 5.97 Å². The van der Waals surface area contributed by atoms with E-state index in [4.69, 9.17) is 5.11 Å². The lowest BCUT2D eigenvalue weighted by Gasteiger charge is -2.19. The first-order valence-electron chi connectivity index (χ1n) is 5.06. The zero-order valence-electron chi connectivity index (χ0n) is 9.26. The highest BCUT2D eigenvalue weighted by Gasteiger charge is 2.10. The largest absolute Gasteiger partial charge is 0.480 e. The third-order valence-electron chi connectivity index (χ3n) is 2.07. The van der Waals surface area contributed by atoms with E-state index in [2.05, 4.69) is 16.5 Å². The normalized spacial score (nSPS) is 9.81. The second-order valence-corrected chi connectivity index (χ2v) is 3.28. The molecule has 0 aliphatic heterocycles. The number of aryl methyl sites for hydroxylation is 1. The van der Waals surface area contributed by atoms with Gasteiger partial charge in [0.1, 0.15) is 18.7 Å². The van der Waals surface area contributed by atoms with Crippen LogP contribution in [0.3, 0.4) is 0 Å². The van der Waals surface area contributed by atoms with Crippen LogP contribution in [0.4, 0.5) is 5.82 Å². The number of nitrogens with zero attached hydrogens (tertiary/aromatic N) is 3. The van der Waals surface area contributed by atoms with Crippen molar-refractivity contribution >= 4 is 11.8 Å². The van der Waals surface area contributed by atoms with Crippen molar-refractivity contribution in [3.63, 3.8) is 0 Å². The second-order valence-electron chi connectivity index (χ2n) is 3.28. The van der Waals surface area contributed by atoms with Gasteiger partial charge >= 0.3 is 5.97 Å². The van der Waals surface area contributed by atoms with Gasteiger partial charge in [0.05, 0.1) is 0 Å². The Morgan fingerprint density at radius 1 is 1.62 bits per heavy atom. The molecule has 0 fully saturated rings. The Balaban J connectivity index is 2.90. The summed E-state index contributed by atoms with van der Waals surface area (Å²) in [6.45, 7) is 5.94. The van der Waals surface area contributed by atoms with Crippen molar-refractivity contribution in [1.82, 2.24) is 9.97 Å². The number of aliphatic carboxylic acids is 1. The fourth-order valence-corrected chi connectivity index (χ4v) is 1.31. The Kier molecular flexibility index (Phi) is 4.44. The predicted octanol–water partition coefficient (Wildman–Crippen LogP) is 1.12. The number of hydrogen-bond donors (Lipinski definition) is 1. The van der Waals surface area contributed by atoms with Crippen molar-refractivity contribution in [2.24, 2.45) is 0 Å². The highest BCUT2D eigenvalue weighted by molar-refractivity contribution is 5.73. The summed E-state index contributed by atoms with van der Waals surface area (Å²) >= 11 is 0. The summed E-state index contributed by atoms with van der Waals surface area (Å²) in [5.74, 6) is -0.271. The van der Waals surface area contributed by atoms with Crippen LogP contribution in [0.25, 0.3) is 0 Å². The molecule has 1 N–H and O–H groups in total. The first-order valence-corrected chi connectivity index (χ1v) is 5.06. The molecule has 0 atom stereocenters. The molecule has 1 rings (SSSR count). The number of carbonyl (C=O) groups is 1. The number of aromatic nitrogens is 2. The van der Waals surface area contributed by atoms with E-state index in [0.29, 0.717) is 12.4 Å². The monoisotopic (exact) mass is 221 g/mol. The lowest BCUT2D eigenvalue weighted by Crippen LogP contribution is -2.30. The van der Waals surface area contributed by atoms with Gasteiger partial charge in [-0.2, -0.15) is 0 Å². The summed E-state index contributed by atoms with van der Waals surface area (Å²) in [5.41, 5.74) is 0.893. The minimum absolute atomic E-state index is 0.0911. The smallest absolute Gasteiger partial charge is 0.323 e. The Morgan fingerprint density at radius 3 is 2.94 bits per heavy atom. The zero-order chi connectivity index (χ0) is 12.0. The van der Waals surface area contributed by atoms with Crippen LogP contribution in [-0.4, -0.2) is 34.1 Å². The molecule has 0 aliphatic carbocycles. The highest BCUT2D eigenvalue weighted by atomic mass is 16.4. The van der Waals surface area contributed by atoms with Crippen LogP contribution in [0.1, 0.15) is 12.6 Å². The average molecular weight is 221 g/mol. The van der Waals surface area contributed by atoms with Gasteiger partial charge in [-0.05, 0) is 6.42 Å². The number of hydrogen-bond acceptors (Lipinski definition) is 4. The van der Waals surface area contributed by atoms with Crippen molar-refractivity contribution < 1.29 is 9.90 Å². The van der Waals surface area contributed by atoms with Crippen LogP contribution in [0, 0.1) is 0 Å². The van der Waals surface area contributed by atoms with Crippen molar-refractivity contribution in [2.75, 3.05) is 18.0 Å². The number of rotatable bonds is 6. The molecule has 1 aromatic rings. The van der Waals surface area contributed by atoms with Gasteiger partial charge in [-0.15, -0.1) is 6.58 Å². The quantitative estimate of drug-likeness (QED) is 0.729. The molecule has 86 valence electrons. The second kappa shape index (κ2) is 5.85. The molecule has 1 heterocycles. The minimum atomic E-state index is -0.890. The van der Waals surface area contributed by atoms with E-state index in [1.54, 1.807) is 17.0 Å². The molecule has 0 spiro atoms. The maximum absolute atomic E-state index is 10.7. The average Bonchev–Trinajstić information content (AvgIpc) is 2.28. The molecule has 1 aromatic heterocycles. The van der Waals surface area contributed by atoms with Crippen LogP contribution in [0.5, 0.6) is 0 Å². The van der Waals surface area contributed by atoms with Gasteiger partial charge in [0.25, 0.3) is 0 Å². The van der Waals surface area contributed by atoms with Crippen molar-refractivity contribution in [2.45, 2.75) is 13.3 Å². The summed E-state index contributed by atoms with van der Waals surface area (Å²) < 4.78 is 0. The molecule has 0 aliphatic rings. The third kappa shape index (κ3) is 3.34. The SMILES string of the molecule is C=CCN(CC(=O)O)c1cc(CC)ncn1. The maximum atomic E-state index is 10.7. The standard InChI is InChI=1S/C11H15N3O2/c1-3-5-14(7-11(15)16)10-6-9(4-2)12-8-13-10/h3,6,8H,1,4-5,7H2,2H3,(H,15,16). The lowest BCUT2D eigenvalue weighted by molar-refractivity contribution is -0.135. The van der Waals surface area contributed by atoms with Gasteiger partial charge in [0.15, 0.2) is 0 Å². The van der Waals surface area contributed by atoms with Crippen LogP contribution in [0.2, 0.25) is 0 Å². The number of anilines is 1. The highest BCUT2D eigenvalue weighted by Crippen LogP contribution is 2.11. The molecule has 5 nitrogen and oxygen atoms in total. The van der Waals surface area contributed by atoms with Gasteiger partial charge in [-0.25, -0.2) is 9.97 Å². The van der Waals surface area contributed by atoms with Crippen LogP contribution >= 0.6 is 0 Å². The van der Waals surface area contributed by atoms with E-state index in [1.165, 1.54) is 6.33 Å². The number of carboxylic acids is 1. The van der Waals surface area contributed by atoms with Gasteiger partial charge in [-0.3, -0.25) is 4.79 Å². The fourth-order valence-electron chi connectivity index (χ4n) is 1.31. The molecule has 16 heavy (non-hydrogen) atoms. The van der Waals surface area contributed by atoms with Crippen LogP contribution < -0.4 is 4.90 Å². The van der Waals surface area contributed by atoms with Gasteiger partial charge in [0, 0.05) is 18.3 Å². The Morgan fingerprint density at radius 2 is 2.38 bits per heavy atom. The summed E-state index contributed by atoms with van der Waals surface area (Å²) in [7, 11) is 0. The lowest BCUT2D eigenvalue weighted by atomic mass is 10.3. The van der Waals surface area contributed by atoms with E-state index in [1.807, 2.05) is 6.92 Å². The van der Waals surface area contributed by atoms with Crippen LogP contribution in [0.15, 0.2) is 25.0 Å². The Labute approximate surface area is 94.5 Å². The fraction of sp³-hybridized carbons (Fsp3) is 0.364. The van der Waals surface area contributed by atoms with Crippen molar-refractivity contribution in [3.8, 4) is 0 Å². The van der Waals surface area contributed by atoms with Crippen LogP contribution in [-0.2, 0) is 11.2 Å². The molecule has 0 aromatic carbocycles. The molecule has 0 unspecified atom stereocenters. The Bertz CT molecular complexity index is 379. The predicted molar refractivity (Wildman–Crippen MR) is 61.5 cm³/mol. The van der Waals surface area contributed by atoms with E-state index >= 15 is 0 Å². The molecular weight excluding hydrogens is 206 g/mol. The van der Waals surface area contributed by atoms with E-state index in [0.717, 1.165) is 12.1 Å². The summed E-state index contributed by atoms with van der Waals surface area (Å²) in [4.78, 5) is 20.5. The summed E-state index contributed by atoms with van der Waals surface area (Å²) in [5, 5.41) is 8.78. The molecule has 5 heteroatoms. The molecule has 0 saturated carbocycles. The van der Waals surface area contributed by atoms with E-state index in [9.17, 15) is 4.79 Å². The molecule has 0 amide bonds. The summed E-state index contributed by atoms with van der Waals surface area (Å²) in [6, 6.07) is 1.80. The zero-order valence-corrected chi connectivity index (χ0v) is 9.26.